The molecule has 0 amide bonds. The summed E-state index contributed by atoms with van der Waals surface area (Å²) in [4.78, 5) is 16.9. The minimum absolute atomic E-state index is 0. The van der Waals surface area contributed by atoms with Crippen LogP contribution in [-0.4, -0.2) is 19.9 Å². The van der Waals surface area contributed by atoms with Gasteiger partial charge in [0, 0.05) is 44.9 Å². The summed E-state index contributed by atoms with van der Waals surface area (Å²) in [5.74, 6) is 0. The molecule has 4 rings (SSSR count). The van der Waals surface area contributed by atoms with E-state index in [1.807, 2.05) is 79.9 Å². The molecule has 0 unspecified atom stereocenters. The number of aromatic nitrogens is 4. The Hall–Kier alpha value is -2.75. The summed E-state index contributed by atoms with van der Waals surface area (Å²) in [7, 11) is 0. The third-order valence-corrected chi connectivity index (χ3v) is 3.43. The maximum atomic E-state index is 4.29. The fraction of sp³-hybridized carbons (Fsp3) is 0.0476. The normalized spacial score (nSPS) is 9.42. The number of pyridine rings is 4. The first-order valence-electron chi connectivity index (χ1n) is 7.99. The molecule has 0 fully saturated rings. The minimum atomic E-state index is 0. The van der Waals surface area contributed by atoms with Crippen LogP contribution in [0, 0.1) is 6.92 Å². The molecule has 4 aromatic rings. The number of nitrogens with zero attached hydrogens (tertiary/aromatic N) is 4. The third-order valence-electron chi connectivity index (χ3n) is 3.43. The van der Waals surface area contributed by atoms with Crippen molar-refractivity contribution < 1.29 is 20.1 Å². The van der Waals surface area contributed by atoms with Crippen LogP contribution < -0.4 is 0 Å². The van der Waals surface area contributed by atoms with Crippen molar-refractivity contribution >= 4 is 0 Å². The number of rotatable bonds is 2. The Labute approximate surface area is 166 Å². The smallest absolute Gasteiger partial charge is 0.0886 e. The van der Waals surface area contributed by atoms with E-state index >= 15 is 0 Å². The summed E-state index contributed by atoms with van der Waals surface area (Å²) < 4.78 is 0. The molecule has 1 radical (unpaired) electrons. The van der Waals surface area contributed by atoms with E-state index in [0.717, 1.165) is 22.8 Å². The third kappa shape index (κ3) is 5.66. The van der Waals surface area contributed by atoms with Gasteiger partial charge in [-0.3, -0.25) is 19.9 Å². The van der Waals surface area contributed by atoms with Crippen molar-refractivity contribution in [3.05, 3.63) is 97.1 Å². The van der Waals surface area contributed by atoms with Gasteiger partial charge in [-0.15, -0.1) is 0 Å². The van der Waals surface area contributed by atoms with Crippen LogP contribution in [0.3, 0.4) is 0 Å². The molecule has 0 saturated carbocycles. The average molecular weight is 519 g/mol. The zero-order valence-electron chi connectivity index (χ0n) is 14.3. The molecule has 0 aliphatic rings. The SMILES string of the molecule is Cc1ccc(-c2ccccn2)nc1.[Ir].c1ccc(-c2ccccn2)nc1. The molecule has 0 aliphatic carbocycles. The van der Waals surface area contributed by atoms with E-state index in [1.165, 1.54) is 5.56 Å². The Balaban J connectivity index is 0.000000180. The van der Waals surface area contributed by atoms with Crippen molar-refractivity contribution in [2.75, 3.05) is 0 Å². The second-order valence-corrected chi connectivity index (χ2v) is 5.37. The van der Waals surface area contributed by atoms with Crippen LogP contribution in [0.25, 0.3) is 22.8 Å². The van der Waals surface area contributed by atoms with E-state index in [-0.39, 0.29) is 20.1 Å². The van der Waals surface area contributed by atoms with Crippen molar-refractivity contribution in [3.8, 4) is 22.8 Å². The second kappa shape index (κ2) is 10.3. The summed E-state index contributed by atoms with van der Waals surface area (Å²) in [6.45, 7) is 2.02. The van der Waals surface area contributed by atoms with Gasteiger partial charge in [-0.2, -0.15) is 0 Å². The molecule has 0 aliphatic heterocycles. The Morgan fingerprint density at radius 2 is 0.923 bits per heavy atom. The fourth-order valence-corrected chi connectivity index (χ4v) is 2.16. The van der Waals surface area contributed by atoms with Gasteiger partial charge in [-0.05, 0) is 55.0 Å². The molecule has 131 valence electrons. The quantitative estimate of drug-likeness (QED) is 0.390. The number of hydrogen-bond acceptors (Lipinski definition) is 4. The molecule has 0 saturated heterocycles. The zero-order valence-corrected chi connectivity index (χ0v) is 16.7. The van der Waals surface area contributed by atoms with Gasteiger partial charge in [-0.25, -0.2) is 0 Å². The molecule has 0 aromatic carbocycles. The standard InChI is InChI=1S/C11H10N2.C10H8N2.Ir/c1-9-5-6-11(13-8-9)10-4-2-3-7-12-10;1-3-7-11-9(5-1)10-6-2-4-8-12-10;/h2-8H,1H3;1-8H;. The van der Waals surface area contributed by atoms with Crippen LogP contribution >= 0.6 is 0 Å². The van der Waals surface area contributed by atoms with E-state index in [0.29, 0.717) is 0 Å². The maximum Gasteiger partial charge on any atom is 0.0886 e. The van der Waals surface area contributed by atoms with Crippen LogP contribution in [0.4, 0.5) is 0 Å². The van der Waals surface area contributed by atoms with Gasteiger partial charge in [0.05, 0.1) is 22.8 Å². The maximum absolute atomic E-state index is 4.29. The predicted octanol–water partition coefficient (Wildman–Crippen LogP) is 4.59. The van der Waals surface area contributed by atoms with Gasteiger partial charge in [0.15, 0.2) is 0 Å². The Bertz CT molecular complexity index is 846. The summed E-state index contributed by atoms with van der Waals surface area (Å²) in [6, 6.07) is 21.4. The van der Waals surface area contributed by atoms with Gasteiger partial charge in [-0.1, -0.05) is 24.3 Å². The van der Waals surface area contributed by atoms with Gasteiger partial charge < -0.3 is 0 Å². The first-order valence-corrected chi connectivity index (χ1v) is 7.99. The Morgan fingerprint density at radius 1 is 0.500 bits per heavy atom. The van der Waals surface area contributed by atoms with Crippen molar-refractivity contribution in [1.29, 1.82) is 0 Å². The number of aryl methyl sites for hydroxylation is 1. The predicted molar refractivity (Wildman–Crippen MR) is 99.7 cm³/mol. The van der Waals surface area contributed by atoms with Crippen molar-refractivity contribution in [3.63, 3.8) is 0 Å². The molecule has 4 aromatic heterocycles. The van der Waals surface area contributed by atoms with Crippen LogP contribution in [-0.2, 0) is 20.1 Å². The molecule has 0 N–H and O–H groups in total. The first kappa shape index (κ1) is 19.6. The van der Waals surface area contributed by atoms with Crippen LogP contribution in [0.2, 0.25) is 0 Å². The monoisotopic (exact) mass is 519 g/mol. The minimum Gasteiger partial charge on any atom is -0.255 e. The van der Waals surface area contributed by atoms with Crippen LogP contribution in [0.5, 0.6) is 0 Å². The molecule has 0 bridgehead atoms. The van der Waals surface area contributed by atoms with Gasteiger partial charge in [0.1, 0.15) is 0 Å². The largest absolute Gasteiger partial charge is 0.255 e. The van der Waals surface area contributed by atoms with Crippen molar-refractivity contribution in [1.82, 2.24) is 19.9 Å². The molecule has 0 spiro atoms. The first-order chi connectivity index (χ1) is 12.3. The van der Waals surface area contributed by atoms with Crippen molar-refractivity contribution in [2.45, 2.75) is 6.92 Å². The van der Waals surface area contributed by atoms with E-state index in [2.05, 4.69) is 19.9 Å². The zero-order chi connectivity index (χ0) is 17.3. The van der Waals surface area contributed by atoms with Crippen LogP contribution in [0.1, 0.15) is 5.56 Å². The molecule has 0 atom stereocenters. The molecular weight excluding hydrogens is 500 g/mol. The summed E-state index contributed by atoms with van der Waals surface area (Å²) in [6.07, 6.45) is 7.16. The van der Waals surface area contributed by atoms with E-state index in [1.54, 1.807) is 18.6 Å². The second-order valence-electron chi connectivity index (χ2n) is 5.37. The molecule has 4 heterocycles. The Kier molecular flexibility index (Phi) is 7.74. The topological polar surface area (TPSA) is 51.6 Å². The fourth-order valence-electron chi connectivity index (χ4n) is 2.16. The van der Waals surface area contributed by atoms with E-state index < -0.39 is 0 Å². The van der Waals surface area contributed by atoms with Gasteiger partial charge >= 0.3 is 0 Å². The summed E-state index contributed by atoms with van der Waals surface area (Å²) in [5, 5.41) is 0. The van der Waals surface area contributed by atoms with Crippen LogP contribution in [0.15, 0.2) is 91.5 Å². The van der Waals surface area contributed by atoms with E-state index in [9.17, 15) is 0 Å². The van der Waals surface area contributed by atoms with Gasteiger partial charge in [0.25, 0.3) is 0 Å². The van der Waals surface area contributed by atoms with Crippen molar-refractivity contribution in [2.24, 2.45) is 0 Å². The number of hydrogen-bond donors (Lipinski definition) is 0. The van der Waals surface area contributed by atoms with Gasteiger partial charge in [0.2, 0.25) is 0 Å². The average Bonchev–Trinajstić information content (AvgIpc) is 2.71. The molecule has 26 heavy (non-hydrogen) atoms. The summed E-state index contributed by atoms with van der Waals surface area (Å²) in [5.41, 5.74) is 4.84. The molecule has 4 nitrogen and oxygen atoms in total. The molecule has 5 heteroatoms. The molecular formula is C21H18IrN4. The Morgan fingerprint density at radius 3 is 1.23 bits per heavy atom. The van der Waals surface area contributed by atoms with E-state index in [4.69, 9.17) is 0 Å². The summed E-state index contributed by atoms with van der Waals surface area (Å²) >= 11 is 0.